The molecule has 1 aliphatic carbocycles. The van der Waals surface area contributed by atoms with Crippen molar-refractivity contribution in [3.05, 3.63) is 71.1 Å². The molecule has 1 heterocycles. The van der Waals surface area contributed by atoms with E-state index in [1.54, 1.807) is 18.5 Å². The van der Waals surface area contributed by atoms with Crippen molar-refractivity contribution < 1.29 is 31.1 Å². The smallest absolute Gasteiger partial charge is 0.419 e. The molecule has 3 aromatic rings. The van der Waals surface area contributed by atoms with Gasteiger partial charge < -0.3 is 14.5 Å². The highest BCUT2D eigenvalue weighted by Crippen LogP contribution is 2.39. The van der Waals surface area contributed by atoms with Crippen LogP contribution in [0.5, 0.6) is 5.75 Å². The molecule has 42 heavy (non-hydrogen) atoms. The molecule has 1 fully saturated rings. The highest BCUT2D eigenvalue weighted by atomic mass is 28.4. The van der Waals surface area contributed by atoms with E-state index in [4.69, 9.17) is 9.16 Å². The molecular weight excluding hydrogens is 567 g/mol. The second-order valence-electron chi connectivity index (χ2n) is 12.8. The van der Waals surface area contributed by atoms with Crippen molar-refractivity contribution in [1.82, 2.24) is 10.3 Å². The van der Waals surface area contributed by atoms with Crippen molar-refractivity contribution in [3.63, 3.8) is 0 Å². The maximum atomic E-state index is 15.6. The Bertz CT molecular complexity index is 1380. The average Bonchev–Trinajstić information content (AvgIpc) is 2.88. The van der Waals surface area contributed by atoms with Gasteiger partial charge in [0.05, 0.1) is 5.56 Å². The fraction of sp³-hybridized carbons (Fsp3) is 0.531. The molecule has 1 unspecified atom stereocenters. The van der Waals surface area contributed by atoms with E-state index >= 15 is 4.39 Å². The van der Waals surface area contributed by atoms with Gasteiger partial charge in [0.2, 0.25) is 0 Å². The Labute approximate surface area is 246 Å². The molecule has 0 radical (unpaired) electrons. The lowest BCUT2D eigenvalue weighted by atomic mass is 9.87. The molecule has 0 bridgehead atoms. The number of fused-ring (bicyclic) bond motifs is 1. The molecule has 2 aromatic carbocycles. The number of nitrogens with one attached hydrogen (secondary N) is 1. The number of hydrogen-bond donors (Lipinski definition) is 1. The van der Waals surface area contributed by atoms with Gasteiger partial charge in [0.1, 0.15) is 23.5 Å². The first-order valence-corrected chi connectivity index (χ1v) is 17.5. The third kappa shape index (κ3) is 7.31. The normalized spacial score (nSPS) is 18.6. The van der Waals surface area contributed by atoms with E-state index in [0.29, 0.717) is 37.6 Å². The van der Waals surface area contributed by atoms with Gasteiger partial charge in [-0.2, -0.15) is 13.2 Å². The molecule has 4 rings (SSSR count). The van der Waals surface area contributed by atoms with Gasteiger partial charge in [0.25, 0.3) is 0 Å². The number of nitrogens with zero attached hydrogens (tertiary/aromatic N) is 1. The number of rotatable bonds is 11. The molecule has 0 saturated heterocycles. The Balaban J connectivity index is 1.40. The van der Waals surface area contributed by atoms with E-state index in [2.05, 4.69) is 51.1 Å². The summed E-state index contributed by atoms with van der Waals surface area (Å²) >= 11 is 0. The first-order valence-electron chi connectivity index (χ1n) is 14.6. The second-order valence-corrected chi connectivity index (χ2v) is 17.6. The average molecular weight is 609 g/mol. The van der Waals surface area contributed by atoms with E-state index in [1.165, 1.54) is 6.07 Å². The van der Waals surface area contributed by atoms with Crippen LogP contribution >= 0.6 is 0 Å². The van der Waals surface area contributed by atoms with Crippen LogP contribution in [0.3, 0.4) is 0 Å². The Morgan fingerprint density at radius 3 is 2.38 bits per heavy atom. The number of halogens is 5. The Morgan fingerprint density at radius 1 is 1.02 bits per heavy atom. The van der Waals surface area contributed by atoms with E-state index in [9.17, 15) is 17.6 Å². The van der Waals surface area contributed by atoms with Crippen LogP contribution in [0.4, 0.5) is 22.0 Å². The molecule has 0 amide bonds. The molecule has 0 spiro atoms. The minimum absolute atomic E-state index is 0.0179. The molecule has 1 saturated carbocycles. The van der Waals surface area contributed by atoms with Crippen LogP contribution in [0.2, 0.25) is 18.1 Å². The van der Waals surface area contributed by atoms with Crippen molar-refractivity contribution in [2.75, 3.05) is 6.61 Å². The first kappa shape index (κ1) is 32.4. The third-order valence-corrected chi connectivity index (χ3v) is 13.4. The maximum Gasteiger partial charge on any atom is 0.419 e. The summed E-state index contributed by atoms with van der Waals surface area (Å²) in [5.41, 5.74) is 0.152. The van der Waals surface area contributed by atoms with Crippen LogP contribution in [-0.2, 0) is 17.1 Å². The Hall–Kier alpha value is -2.56. The van der Waals surface area contributed by atoms with Gasteiger partial charge in [-0.25, -0.2) is 8.78 Å². The summed E-state index contributed by atoms with van der Waals surface area (Å²) in [6.07, 6.45) is 1.11. The second kappa shape index (κ2) is 12.6. The predicted molar refractivity (Wildman–Crippen MR) is 158 cm³/mol. The van der Waals surface area contributed by atoms with Crippen LogP contribution in [0, 0.1) is 11.6 Å². The lowest BCUT2D eigenvalue weighted by Gasteiger charge is -2.36. The van der Waals surface area contributed by atoms with Gasteiger partial charge in [-0.05, 0) is 91.0 Å². The van der Waals surface area contributed by atoms with E-state index < -0.39 is 25.9 Å². The zero-order valence-electron chi connectivity index (χ0n) is 25.2. The first-order chi connectivity index (χ1) is 19.6. The van der Waals surface area contributed by atoms with Crippen LogP contribution in [0.25, 0.3) is 10.8 Å². The number of hydrogen-bond acceptors (Lipinski definition) is 4. The lowest BCUT2D eigenvalue weighted by molar-refractivity contribution is -0.140. The van der Waals surface area contributed by atoms with Crippen LogP contribution in [-0.4, -0.2) is 32.1 Å². The monoisotopic (exact) mass is 608 g/mol. The number of alkyl halides is 3. The maximum absolute atomic E-state index is 15.6. The zero-order chi connectivity index (χ0) is 30.9. The van der Waals surface area contributed by atoms with Gasteiger partial charge in [-0.3, -0.25) is 4.98 Å². The topological polar surface area (TPSA) is 43.4 Å². The summed E-state index contributed by atoms with van der Waals surface area (Å²) < 4.78 is 80.3. The lowest BCUT2D eigenvalue weighted by Crippen LogP contribution is -2.46. The predicted octanol–water partition coefficient (Wildman–Crippen LogP) is 9.14. The van der Waals surface area contributed by atoms with Crippen LogP contribution in [0.15, 0.2) is 42.7 Å². The largest absolute Gasteiger partial charge is 0.490 e. The summed E-state index contributed by atoms with van der Waals surface area (Å²) in [4.78, 5) is 4.33. The summed E-state index contributed by atoms with van der Waals surface area (Å²) in [6, 6.07) is 6.16. The van der Waals surface area contributed by atoms with E-state index in [1.807, 2.05) is 6.07 Å². The van der Waals surface area contributed by atoms with Gasteiger partial charge in [-0.1, -0.05) is 27.7 Å². The standard InChI is InChI=1S/C32H41F5N2O2Si/c1-7-20(11-13-40-42(5,6)31(2,3)4)25-17-30(34)27(24-10-12-38-18-26(24)25)19-39-21-14-23(15-21)41-22-8-9-29(33)28(16-22)32(35,36)37/h8-10,12,16-18,20-21,23,39H,7,11,13-15,19H2,1-6H3. The van der Waals surface area contributed by atoms with E-state index in [0.717, 1.165) is 35.2 Å². The number of aromatic nitrogens is 1. The van der Waals surface area contributed by atoms with Crippen molar-refractivity contribution in [2.24, 2.45) is 0 Å². The highest BCUT2D eigenvalue weighted by molar-refractivity contribution is 6.74. The summed E-state index contributed by atoms with van der Waals surface area (Å²) in [5.74, 6) is -1.50. The quantitative estimate of drug-likeness (QED) is 0.174. The van der Waals surface area contributed by atoms with Crippen molar-refractivity contribution in [3.8, 4) is 5.75 Å². The summed E-state index contributed by atoms with van der Waals surface area (Å²) in [5, 5.41) is 5.23. The number of ether oxygens (including phenoxy) is 1. The molecule has 10 heteroatoms. The minimum atomic E-state index is -4.79. The molecule has 1 aromatic heterocycles. The molecule has 230 valence electrons. The molecular formula is C32H41F5N2O2Si. The van der Waals surface area contributed by atoms with E-state index in [-0.39, 0.29) is 34.7 Å². The molecule has 4 nitrogen and oxygen atoms in total. The number of pyridine rings is 1. The van der Waals surface area contributed by atoms with Gasteiger partial charge in [-0.15, -0.1) is 0 Å². The summed E-state index contributed by atoms with van der Waals surface area (Å²) in [7, 11) is -1.88. The van der Waals surface area contributed by atoms with Crippen LogP contribution in [0.1, 0.15) is 76.0 Å². The summed E-state index contributed by atoms with van der Waals surface area (Å²) in [6.45, 7) is 14.1. The Kier molecular flexibility index (Phi) is 9.69. The molecule has 1 atom stereocenters. The fourth-order valence-electron chi connectivity index (χ4n) is 5.15. The zero-order valence-corrected chi connectivity index (χ0v) is 26.2. The van der Waals surface area contributed by atoms with Crippen molar-refractivity contribution >= 4 is 19.1 Å². The van der Waals surface area contributed by atoms with Gasteiger partial charge in [0, 0.05) is 42.5 Å². The minimum Gasteiger partial charge on any atom is -0.490 e. The third-order valence-electron chi connectivity index (χ3n) is 8.90. The SMILES string of the molecule is CCC(CCO[Si](C)(C)C(C)(C)C)c1cc(F)c(CNC2CC(Oc3ccc(F)c(C(F)(F)F)c3)C2)c2ccncc12. The van der Waals surface area contributed by atoms with Crippen molar-refractivity contribution in [2.45, 2.75) is 102 Å². The van der Waals surface area contributed by atoms with Crippen LogP contribution < -0.4 is 10.1 Å². The van der Waals surface area contributed by atoms with Gasteiger partial charge in [0.15, 0.2) is 8.32 Å². The van der Waals surface area contributed by atoms with Gasteiger partial charge >= 0.3 is 6.18 Å². The van der Waals surface area contributed by atoms with Crippen molar-refractivity contribution in [1.29, 1.82) is 0 Å². The highest BCUT2D eigenvalue weighted by Gasteiger charge is 2.38. The fourth-order valence-corrected chi connectivity index (χ4v) is 6.21. The molecule has 1 aliphatic rings. The Morgan fingerprint density at radius 2 is 1.74 bits per heavy atom. The molecule has 0 aliphatic heterocycles. The number of benzene rings is 2. The molecule has 1 N–H and O–H groups in total.